The van der Waals surface area contributed by atoms with Crippen LogP contribution in [0.25, 0.3) is 11.0 Å². The molecule has 0 aromatic carbocycles. The summed E-state index contributed by atoms with van der Waals surface area (Å²) in [5, 5.41) is 0.341. The van der Waals surface area contributed by atoms with Crippen molar-refractivity contribution in [2.24, 2.45) is 14.1 Å². The van der Waals surface area contributed by atoms with E-state index in [0.717, 1.165) is 4.57 Å². The van der Waals surface area contributed by atoms with Gasteiger partial charge in [0.1, 0.15) is 5.65 Å². The van der Waals surface area contributed by atoms with Gasteiger partial charge in [-0.3, -0.25) is 13.9 Å². The standard InChI is InChI=1S/C8H8N4O2S/c1-11-5-4(3-9-7(15)10-5)6(13)12(2)8(11)14/h3H,1-2H3,(H,9,10,15). The molecule has 2 heterocycles. The lowest BCUT2D eigenvalue weighted by Crippen LogP contribution is -2.37. The van der Waals surface area contributed by atoms with Crippen LogP contribution >= 0.6 is 12.2 Å². The molecular weight excluding hydrogens is 216 g/mol. The van der Waals surface area contributed by atoms with Crippen LogP contribution in [-0.2, 0) is 14.1 Å². The summed E-state index contributed by atoms with van der Waals surface area (Å²) in [5.41, 5.74) is -0.390. The van der Waals surface area contributed by atoms with Gasteiger partial charge in [-0.2, -0.15) is 0 Å². The van der Waals surface area contributed by atoms with E-state index in [1.807, 2.05) is 0 Å². The van der Waals surface area contributed by atoms with Crippen LogP contribution in [0.15, 0.2) is 15.8 Å². The van der Waals surface area contributed by atoms with E-state index in [4.69, 9.17) is 12.2 Å². The smallest absolute Gasteiger partial charge is 0.316 e. The number of aromatic amines is 1. The van der Waals surface area contributed by atoms with Crippen LogP contribution in [0.5, 0.6) is 0 Å². The Labute approximate surface area is 88.8 Å². The van der Waals surface area contributed by atoms with Crippen LogP contribution in [0.2, 0.25) is 0 Å². The summed E-state index contributed by atoms with van der Waals surface area (Å²) in [7, 11) is 2.99. The Bertz CT molecular complexity index is 709. The SMILES string of the molecule is Cn1c(=O)c2cnc(=S)[nH]c2n(C)c1=O. The van der Waals surface area contributed by atoms with Crippen LogP contribution in [0.1, 0.15) is 0 Å². The third-order valence-corrected chi connectivity index (χ3v) is 2.44. The maximum atomic E-state index is 11.7. The predicted molar refractivity (Wildman–Crippen MR) is 57.4 cm³/mol. The number of fused-ring (bicyclic) bond motifs is 1. The topological polar surface area (TPSA) is 72.7 Å². The number of nitrogens with one attached hydrogen (secondary N) is 1. The molecule has 0 saturated heterocycles. The average molecular weight is 224 g/mol. The van der Waals surface area contributed by atoms with Crippen molar-refractivity contribution in [3.8, 4) is 0 Å². The summed E-state index contributed by atoms with van der Waals surface area (Å²) < 4.78 is 2.60. The molecule has 6 nitrogen and oxygen atoms in total. The van der Waals surface area contributed by atoms with Crippen molar-refractivity contribution in [3.05, 3.63) is 31.8 Å². The van der Waals surface area contributed by atoms with Gasteiger partial charge in [-0.25, -0.2) is 9.78 Å². The van der Waals surface area contributed by atoms with E-state index in [1.165, 1.54) is 17.8 Å². The number of hydrogen-bond acceptors (Lipinski definition) is 4. The highest BCUT2D eigenvalue weighted by Crippen LogP contribution is 1.99. The summed E-state index contributed by atoms with van der Waals surface area (Å²) in [6.45, 7) is 0. The summed E-state index contributed by atoms with van der Waals surface area (Å²) in [4.78, 5) is 29.8. The molecule has 0 saturated carbocycles. The van der Waals surface area contributed by atoms with E-state index >= 15 is 0 Å². The van der Waals surface area contributed by atoms with E-state index in [1.54, 1.807) is 7.05 Å². The quantitative estimate of drug-likeness (QED) is 0.623. The number of nitrogens with zero attached hydrogens (tertiary/aromatic N) is 3. The van der Waals surface area contributed by atoms with Crippen molar-refractivity contribution >= 4 is 23.3 Å². The van der Waals surface area contributed by atoms with E-state index in [-0.39, 0.29) is 10.3 Å². The zero-order chi connectivity index (χ0) is 11.2. The number of H-pyrrole nitrogens is 1. The second kappa shape index (κ2) is 3.13. The Morgan fingerprint density at radius 3 is 2.67 bits per heavy atom. The second-order valence-corrected chi connectivity index (χ2v) is 3.54. The fraction of sp³-hybridized carbons (Fsp3) is 0.250. The normalized spacial score (nSPS) is 10.8. The molecule has 0 amide bonds. The molecule has 0 aliphatic carbocycles. The lowest BCUT2D eigenvalue weighted by Gasteiger charge is -2.05. The number of aryl methyl sites for hydroxylation is 1. The Morgan fingerprint density at radius 2 is 2.00 bits per heavy atom. The van der Waals surface area contributed by atoms with Crippen LogP contribution in [0.4, 0.5) is 0 Å². The first-order valence-corrected chi connectivity index (χ1v) is 4.58. The van der Waals surface area contributed by atoms with Gasteiger partial charge in [0.25, 0.3) is 5.56 Å². The van der Waals surface area contributed by atoms with Gasteiger partial charge < -0.3 is 4.98 Å². The lowest BCUT2D eigenvalue weighted by molar-refractivity contribution is 0.705. The van der Waals surface area contributed by atoms with Crippen LogP contribution in [-0.4, -0.2) is 19.1 Å². The summed E-state index contributed by atoms with van der Waals surface area (Å²) >= 11 is 4.83. The Morgan fingerprint density at radius 1 is 1.33 bits per heavy atom. The van der Waals surface area contributed by atoms with Crippen LogP contribution in [0, 0.1) is 4.77 Å². The zero-order valence-corrected chi connectivity index (χ0v) is 8.96. The molecule has 0 radical (unpaired) electrons. The molecule has 0 unspecified atom stereocenters. The highest BCUT2D eigenvalue weighted by molar-refractivity contribution is 7.71. The first-order chi connectivity index (χ1) is 7.02. The third-order valence-electron chi connectivity index (χ3n) is 2.24. The third kappa shape index (κ3) is 1.32. The van der Waals surface area contributed by atoms with Crippen molar-refractivity contribution < 1.29 is 0 Å². The minimum absolute atomic E-state index is 0.241. The van der Waals surface area contributed by atoms with E-state index in [0.29, 0.717) is 11.0 Å². The summed E-state index contributed by atoms with van der Waals surface area (Å²) in [5.74, 6) is 0. The van der Waals surface area contributed by atoms with Gasteiger partial charge in [-0.1, -0.05) is 0 Å². The monoisotopic (exact) mass is 224 g/mol. The van der Waals surface area contributed by atoms with Gasteiger partial charge >= 0.3 is 5.69 Å². The first-order valence-electron chi connectivity index (χ1n) is 4.17. The lowest BCUT2D eigenvalue weighted by atomic mass is 10.4. The highest BCUT2D eigenvalue weighted by Gasteiger charge is 2.07. The summed E-state index contributed by atoms with van der Waals surface area (Å²) in [6, 6.07) is 0. The van der Waals surface area contributed by atoms with Crippen molar-refractivity contribution in [3.63, 3.8) is 0 Å². The van der Waals surface area contributed by atoms with E-state index in [9.17, 15) is 9.59 Å². The molecule has 7 heteroatoms. The highest BCUT2D eigenvalue weighted by atomic mass is 32.1. The minimum atomic E-state index is -0.399. The number of hydrogen-bond donors (Lipinski definition) is 1. The first kappa shape index (κ1) is 9.78. The molecule has 2 aromatic rings. The largest absolute Gasteiger partial charge is 0.332 e. The van der Waals surface area contributed by atoms with Crippen molar-refractivity contribution in [2.75, 3.05) is 0 Å². The summed E-state index contributed by atoms with van der Waals surface area (Å²) in [6.07, 6.45) is 1.37. The molecule has 0 fully saturated rings. The molecule has 15 heavy (non-hydrogen) atoms. The minimum Gasteiger partial charge on any atom is -0.316 e. The van der Waals surface area contributed by atoms with Gasteiger partial charge in [-0.15, -0.1) is 0 Å². The molecule has 1 N–H and O–H groups in total. The Kier molecular flexibility index (Phi) is 2.04. The molecule has 2 aromatic heterocycles. The maximum absolute atomic E-state index is 11.7. The Hall–Kier alpha value is -1.76. The van der Waals surface area contributed by atoms with E-state index in [2.05, 4.69) is 9.97 Å². The Balaban J connectivity index is 3.22. The van der Waals surface area contributed by atoms with Gasteiger partial charge in [-0.05, 0) is 12.2 Å². The van der Waals surface area contributed by atoms with Crippen LogP contribution in [0.3, 0.4) is 0 Å². The van der Waals surface area contributed by atoms with Gasteiger partial charge in [0.2, 0.25) is 0 Å². The molecule has 0 bridgehead atoms. The molecule has 0 spiro atoms. The predicted octanol–water partition coefficient (Wildman–Crippen LogP) is -0.310. The fourth-order valence-corrected chi connectivity index (χ4v) is 1.54. The average Bonchev–Trinajstić information content (AvgIpc) is 2.23. The van der Waals surface area contributed by atoms with Crippen molar-refractivity contribution in [1.29, 1.82) is 0 Å². The molecular formula is C8H8N4O2S. The fourth-order valence-electron chi connectivity index (χ4n) is 1.39. The van der Waals surface area contributed by atoms with Gasteiger partial charge in [0, 0.05) is 20.3 Å². The van der Waals surface area contributed by atoms with Crippen molar-refractivity contribution in [1.82, 2.24) is 19.1 Å². The van der Waals surface area contributed by atoms with E-state index < -0.39 is 5.69 Å². The zero-order valence-electron chi connectivity index (χ0n) is 8.14. The molecule has 0 aliphatic heterocycles. The molecule has 78 valence electrons. The maximum Gasteiger partial charge on any atom is 0.332 e. The molecule has 2 rings (SSSR count). The number of aromatic nitrogens is 4. The second-order valence-electron chi connectivity index (χ2n) is 3.16. The van der Waals surface area contributed by atoms with Crippen molar-refractivity contribution in [2.45, 2.75) is 0 Å². The van der Waals surface area contributed by atoms with Gasteiger partial charge in [0.15, 0.2) is 4.77 Å². The molecule has 0 aliphatic rings. The number of rotatable bonds is 0. The van der Waals surface area contributed by atoms with Crippen LogP contribution < -0.4 is 11.2 Å². The molecule has 0 atom stereocenters. The van der Waals surface area contributed by atoms with Gasteiger partial charge in [0.05, 0.1) is 5.39 Å².